The Morgan fingerprint density at radius 2 is 1.54 bits per heavy atom. The van der Waals surface area contributed by atoms with Crippen LogP contribution in [-0.2, 0) is 9.53 Å². The Morgan fingerprint density at radius 3 is 2.14 bits per heavy atom. The molecule has 5 heteroatoms. The maximum atomic E-state index is 13.0. The monoisotopic (exact) mass is 378 g/mol. The van der Waals surface area contributed by atoms with Gasteiger partial charge in [0.25, 0.3) is 0 Å². The molecule has 4 fully saturated rings. The number of carbonyl (C=O) groups excluding carboxylic acids is 2. The molecule has 2 aromatic rings. The quantitative estimate of drug-likeness (QED) is 0.746. The smallest absolute Gasteiger partial charge is 0.338 e. The zero-order valence-electron chi connectivity index (χ0n) is 16.5. The van der Waals surface area contributed by atoms with Crippen molar-refractivity contribution in [1.82, 2.24) is 9.97 Å². The second-order valence-corrected chi connectivity index (χ2v) is 9.30. The highest BCUT2D eigenvalue weighted by Crippen LogP contribution is 2.60. The fraction of sp³-hybridized carbons (Fsp3) is 0.565. The maximum Gasteiger partial charge on any atom is 0.338 e. The van der Waals surface area contributed by atoms with Gasteiger partial charge in [0.2, 0.25) is 0 Å². The largest absolute Gasteiger partial charge is 0.454 e. The van der Waals surface area contributed by atoms with Gasteiger partial charge in [-0.3, -0.25) is 4.79 Å². The zero-order valence-corrected chi connectivity index (χ0v) is 16.5. The number of ether oxygens (including phenoxy) is 1. The molecule has 1 heterocycles. The van der Waals surface area contributed by atoms with E-state index >= 15 is 0 Å². The third-order valence-electron chi connectivity index (χ3n) is 7.28. The summed E-state index contributed by atoms with van der Waals surface area (Å²) < 4.78 is 5.45. The van der Waals surface area contributed by atoms with Gasteiger partial charge in [-0.2, -0.15) is 0 Å². The van der Waals surface area contributed by atoms with E-state index in [0.29, 0.717) is 28.8 Å². The van der Waals surface area contributed by atoms with Gasteiger partial charge in [-0.1, -0.05) is 0 Å². The Hall–Kier alpha value is -2.30. The average molecular weight is 378 g/mol. The Balaban J connectivity index is 1.29. The lowest BCUT2D eigenvalue weighted by Crippen LogP contribution is -2.51. The fourth-order valence-electron chi connectivity index (χ4n) is 6.18. The number of esters is 1. The van der Waals surface area contributed by atoms with E-state index in [1.54, 1.807) is 18.2 Å². The molecular formula is C23H26N2O3. The highest BCUT2D eigenvalue weighted by atomic mass is 16.5. The topological polar surface area (TPSA) is 69.2 Å². The molecule has 0 amide bonds. The molecule has 6 rings (SSSR count). The van der Waals surface area contributed by atoms with Crippen molar-refractivity contribution in [2.24, 2.45) is 23.2 Å². The summed E-state index contributed by atoms with van der Waals surface area (Å²) in [5.41, 5.74) is 3.34. The van der Waals surface area contributed by atoms with E-state index in [-0.39, 0.29) is 17.8 Å². The molecule has 0 N–H and O–H groups in total. The fourth-order valence-corrected chi connectivity index (χ4v) is 6.18. The van der Waals surface area contributed by atoms with Crippen LogP contribution in [0.2, 0.25) is 0 Å². The van der Waals surface area contributed by atoms with Crippen molar-refractivity contribution in [3.8, 4) is 0 Å². The van der Waals surface area contributed by atoms with E-state index in [1.807, 2.05) is 13.8 Å². The number of rotatable bonds is 4. The second kappa shape index (κ2) is 6.36. The van der Waals surface area contributed by atoms with Crippen molar-refractivity contribution in [3.63, 3.8) is 0 Å². The molecule has 0 saturated heterocycles. The summed E-state index contributed by atoms with van der Waals surface area (Å²) in [5, 5.41) is 0. The van der Waals surface area contributed by atoms with Gasteiger partial charge in [0.15, 0.2) is 12.4 Å². The molecule has 0 unspecified atom stereocenters. The molecule has 0 aliphatic heterocycles. The van der Waals surface area contributed by atoms with Crippen molar-refractivity contribution in [2.45, 2.75) is 52.4 Å². The number of nitrogens with zero attached hydrogens (tertiary/aromatic N) is 2. The molecule has 0 spiro atoms. The summed E-state index contributed by atoms with van der Waals surface area (Å²) in [6.45, 7) is 3.71. The number of aryl methyl sites for hydroxylation is 2. The van der Waals surface area contributed by atoms with E-state index < -0.39 is 5.97 Å². The molecule has 0 radical (unpaired) electrons. The van der Waals surface area contributed by atoms with E-state index in [4.69, 9.17) is 4.74 Å². The Kier molecular flexibility index (Phi) is 4.04. The van der Waals surface area contributed by atoms with E-state index in [9.17, 15) is 9.59 Å². The first-order chi connectivity index (χ1) is 13.4. The van der Waals surface area contributed by atoms with Gasteiger partial charge < -0.3 is 4.74 Å². The third-order valence-corrected chi connectivity index (χ3v) is 7.28. The van der Waals surface area contributed by atoms with Crippen LogP contribution in [0, 0.1) is 37.0 Å². The summed E-state index contributed by atoms with van der Waals surface area (Å²) in [4.78, 5) is 34.6. The average Bonchev–Trinajstić information content (AvgIpc) is 2.65. The summed E-state index contributed by atoms with van der Waals surface area (Å²) in [6.07, 6.45) is 6.88. The van der Waals surface area contributed by atoms with E-state index in [0.717, 1.165) is 36.2 Å². The van der Waals surface area contributed by atoms with Gasteiger partial charge in [-0.15, -0.1) is 0 Å². The van der Waals surface area contributed by atoms with E-state index in [2.05, 4.69) is 9.97 Å². The second-order valence-electron chi connectivity index (χ2n) is 9.30. The van der Waals surface area contributed by atoms with Crippen LogP contribution in [0.25, 0.3) is 11.0 Å². The Bertz CT molecular complexity index is 946. The minimum Gasteiger partial charge on any atom is -0.454 e. The van der Waals surface area contributed by atoms with Crippen LogP contribution >= 0.6 is 0 Å². The minimum absolute atomic E-state index is 0.109. The highest BCUT2D eigenvalue weighted by Gasteiger charge is 2.54. The number of carbonyl (C=O) groups is 2. The van der Waals surface area contributed by atoms with Gasteiger partial charge in [-0.05, 0) is 88.3 Å². The van der Waals surface area contributed by atoms with Gasteiger partial charge in [0, 0.05) is 5.41 Å². The lowest BCUT2D eigenvalue weighted by atomic mass is 9.48. The van der Waals surface area contributed by atoms with Crippen molar-refractivity contribution < 1.29 is 14.3 Å². The van der Waals surface area contributed by atoms with Crippen LogP contribution in [0.4, 0.5) is 0 Å². The molecule has 4 saturated carbocycles. The summed E-state index contributed by atoms with van der Waals surface area (Å²) >= 11 is 0. The van der Waals surface area contributed by atoms with Gasteiger partial charge in [-0.25, -0.2) is 14.8 Å². The summed E-state index contributed by atoms with van der Waals surface area (Å²) in [6, 6.07) is 5.18. The SMILES string of the molecule is Cc1nc2ccc(C(=O)OCC(=O)C34CC5CC(CC(C5)C3)C4)cc2nc1C. The van der Waals surface area contributed by atoms with Gasteiger partial charge in [0.05, 0.1) is 28.0 Å². The van der Waals surface area contributed by atoms with Crippen LogP contribution < -0.4 is 0 Å². The molecule has 1 aromatic carbocycles. The van der Waals surface area contributed by atoms with Crippen LogP contribution in [0.1, 0.15) is 60.3 Å². The standard InChI is InChI=1S/C23H26N2O3/c1-13-14(2)25-20-8-18(3-4-19(20)24-13)22(27)28-12-21(26)23-9-15-5-16(10-23)7-17(6-15)11-23/h3-4,8,15-17H,5-7,9-12H2,1-2H3. The van der Waals surface area contributed by atoms with Crippen molar-refractivity contribution in [1.29, 1.82) is 0 Å². The number of fused-ring (bicyclic) bond motifs is 1. The number of aromatic nitrogens is 2. The maximum absolute atomic E-state index is 13.0. The zero-order chi connectivity index (χ0) is 19.5. The number of benzene rings is 1. The predicted molar refractivity (Wildman–Crippen MR) is 105 cm³/mol. The molecule has 4 bridgehead atoms. The lowest BCUT2D eigenvalue weighted by Gasteiger charge is -2.55. The van der Waals surface area contributed by atoms with Crippen LogP contribution in [-0.4, -0.2) is 28.3 Å². The molecule has 0 atom stereocenters. The molecule has 28 heavy (non-hydrogen) atoms. The van der Waals surface area contributed by atoms with Crippen molar-refractivity contribution in [3.05, 3.63) is 35.2 Å². The van der Waals surface area contributed by atoms with Gasteiger partial charge >= 0.3 is 5.97 Å². The third kappa shape index (κ3) is 2.92. The Morgan fingerprint density at radius 1 is 0.964 bits per heavy atom. The molecule has 1 aromatic heterocycles. The van der Waals surface area contributed by atoms with E-state index in [1.165, 1.54) is 19.3 Å². The lowest BCUT2D eigenvalue weighted by molar-refractivity contribution is -0.147. The molecule has 4 aliphatic carbocycles. The molecule has 4 aliphatic rings. The first-order valence-electron chi connectivity index (χ1n) is 10.4. The Labute approximate surface area is 164 Å². The summed E-state index contributed by atoms with van der Waals surface area (Å²) in [5.74, 6) is 1.79. The van der Waals surface area contributed by atoms with Crippen LogP contribution in [0.5, 0.6) is 0 Å². The van der Waals surface area contributed by atoms with Crippen molar-refractivity contribution >= 4 is 22.8 Å². The first-order valence-corrected chi connectivity index (χ1v) is 10.4. The molecular weight excluding hydrogens is 352 g/mol. The minimum atomic E-state index is -0.458. The summed E-state index contributed by atoms with van der Waals surface area (Å²) in [7, 11) is 0. The number of hydrogen-bond donors (Lipinski definition) is 0. The normalized spacial score (nSPS) is 30.6. The highest BCUT2D eigenvalue weighted by molar-refractivity contribution is 5.95. The molecule has 5 nitrogen and oxygen atoms in total. The van der Waals surface area contributed by atoms with Crippen molar-refractivity contribution in [2.75, 3.05) is 6.61 Å². The number of Topliss-reactive ketones (excluding diaryl/α,β-unsaturated/α-hetero) is 1. The predicted octanol–water partition coefficient (Wildman–Crippen LogP) is 4.19. The van der Waals surface area contributed by atoms with Gasteiger partial charge in [0.1, 0.15) is 0 Å². The number of hydrogen-bond acceptors (Lipinski definition) is 5. The number of ketones is 1. The first kappa shape index (κ1) is 17.8. The van der Waals surface area contributed by atoms with Crippen LogP contribution in [0.3, 0.4) is 0 Å². The molecule has 146 valence electrons. The van der Waals surface area contributed by atoms with Crippen LogP contribution in [0.15, 0.2) is 18.2 Å².